The van der Waals surface area contributed by atoms with Crippen LogP contribution in [0, 0.1) is 6.92 Å². The number of carbonyl (C=O) groups excluding carboxylic acids is 1. The van der Waals surface area contributed by atoms with Gasteiger partial charge in [-0.3, -0.25) is 9.59 Å². The van der Waals surface area contributed by atoms with Crippen LogP contribution in [0.3, 0.4) is 0 Å². The molecule has 1 heterocycles. The number of hydrogen-bond donors (Lipinski definition) is 1. The number of aromatic nitrogens is 1. The molecule has 0 aliphatic rings. The fourth-order valence-electron chi connectivity index (χ4n) is 1.24. The number of hydrogen-bond acceptors (Lipinski definition) is 3. The third-order valence-electron chi connectivity index (χ3n) is 2.06. The molecule has 0 aliphatic heterocycles. The van der Waals surface area contributed by atoms with E-state index in [4.69, 9.17) is 0 Å². The Hall–Kier alpha value is -1.29. The monoisotopic (exact) mass is 237 g/mol. The van der Waals surface area contributed by atoms with Crippen LogP contribution in [0.5, 0.6) is 0 Å². The highest BCUT2D eigenvalue weighted by molar-refractivity contribution is 8.13. The molecule has 0 atom stereocenters. The Labute approximate surface area is 99.0 Å². The van der Waals surface area contributed by atoms with E-state index in [9.17, 15) is 9.59 Å². The summed E-state index contributed by atoms with van der Waals surface area (Å²) in [7, 11) is 0. The normalized spacial score (nSPS) is 10.9. The minimum absolute atomic E-state index is 0.0817. The lowest BCUT2D eigenvalue weighted by Gasteiger charge is -1.98. The summed E-state index contributed by atoms with van der Waals surface area (Å²) in [6, 6.07) is 1.57. The first-order valence-corrected chi connectivity index (χ1v) is 6.07. The van der Waals surface area contributed by atoms with Crippen LogP contribution >= 0.6 is 11.8 Å². The number of H-pyrrole nitrogens is 1. The second-order valence-corrected chi connectivity index (χ2v) is 4.74. The predicted molar refractivity (Wildman–Crippen MR) is 68.6 cm³/mol. The van der Waals surface area contributed by atoms with Gasteiger partial charge in [0.2, 0.25) is 5.56 Å². The smallest absolute Gasteiger partial charge is 0.248 e. The Kier molecular flexibility index (Phi) is 5.05. The van der Waals surface area contributed by atoms with E-state index in [0.717, 1.165) is 23.3 Å². The molecule has 0 radical (unpaired) electrons. The van der Waals surface area contributed by atoms with Crippen molar-refractivity contribution in [1.29, 1.82) is 0 Å². The number of pyridine rings is 1. The Balaban J connectivity index is 2.50. The van der Waals surface area contributed by atoms with E-state index in [1.165, 1.54) is 11.8 Å². The van der Waals surface area contributed by atoms with Gasteiger partial charge in [-0.05, 0) is 24.5 Å². The first kappa shape index (κ1) is 12.8. The zero-order chi connectivity index (χ0) is 12.0. The molecule has 0 bridgehead atoms. The van der Waals surface area contributed by atoms with Crippen molar-refractivity contribution in [1.82, 2.24) is 4.98 Å². The fraction of sp³-hybridized carbons (Fsp3) is 0.333. The molecular weight excluding hydrogens is 222 g/mol. The van der Waals surface area contributed by atoms with Gasteiger partial charge in [-0.2, -0.15) is 0 Å². The largest absolute Gasteiger partial charge is 0.328 e. The summed E-state index contributed by atoms with van der Waals surface area (Å²) in [6.07, 6.45) is 6.53. The molecule has 0 saturated heterocycles. The van der Waals surface area contributed by atoms with E-state index in [2.05, 4.69) is 4.98 Å². The van der Waals surface area contributed by atoms with Crippen LogP contribution < -0.4 is 5.56 Å². The van der Waals surface area contributed by atoms with Gasteiger partial charge in [0.1, 0.15) is 0 Å². The third-order valence-corrected chi connectivity index (χ3v) is 2.91. The number of aromatic amines is 1. The molecule has 0 saturated carbocycles. The lowest BCUT2D eigenvalue weighted by molar-refractivity contribution is -0.109. The van der Waals surface area contributed by atoms with Crippen molar-refractivity contribution in [3.63, 3.8) is 0 Å². The third kappa shape index (κ3) is 4.49. The van der Waals surface area contributed by atoms with E-state index in [1.54, 1.807) is 19.2 Å². The summed E-state index contributed by atoms with van der Waals surface area (Å²) in [6.45, 7) is 3.47. The van der Waals surface area contributed by atoms with Crippen LogP contribution in [-0.4, -0.2) is 15.9 Å². The molecule has 4 heteroatoms. The van der Waals surface area contributed by atoms with Gasteiger partial charge in [0.25, 0.3) is 0 Å². The molecule has 1 aromatic rings. The SMILES string of the molecule is CC(=O)SCCC=Cc1c[nH]c(=O)cc1C. The maximum Gasteiger partial charge on any atom is 0.248 e. The van der Waals surface area contributed by atoms with Crippen LogP contribution in [-0.2, 0) is 4.79 Å². The maximum atomic E-state index is 11.0. The standard InChI is InChI=1S/C12H15NO2S/c1-9-7-12(15)13-8-11(9)5-3-4-6-16-10(2)14/h3,5,7-8H,4,6H2,1-2H3,(H,13,15). The number of aryl methyl sites for hydroxylation is 1. The highest BCUT2D eigenvalue weighted by Crippen LogP contribution is 2.08. The molecule has 1 rings (SSSR count). The molecule has 3 nitrogen and oxygen atoms in total. The van der Waals surface area contributed by atoms with E-state index < -0.39 is 0 Å². The second kappa shape index (κ2) is 6.33. The fourth-order valence-corrected chi connectivity index (χ4v) is 1.79. The average Bonchev–Trinajstić information content (AvgIpc) is 2.20. The van der Waals surface area contributed by atoms with Gasteiger partial charge in [-0.15, -0.1) is 0 Å². The zero-order valence-corrected chi connectivity index (χ0v) is 10.3. The first-order chi connectivity index (χ1) is 7.59. The molecule has 0 spiro atoms. The molecule has 0 unspecified atom stereocenters. The van der Waals surface area contributed by atoms with Gasteiger partial charge in [-0.1, -0.05) is 23.9 Å². The Morgan fingerprint density at radius 1 is 1.56 bits per heavy atom. The average molecular weight is 237 g/mol. The van der Waals surface area contributed by atoms with Gasteiger partial charge in [0, 0.05) is 24.9 Å². The summed E-state index contributed by atoms with van der Waals surface area (Å²) >= 11 is 1.33. The molecule has 1 aromatic heterocycles. The summed E-state index contributed by atoms with van der Waals surface area (Å²) in [5, 5.41) is 0.147. The quantitative estimate of drug-likeness (QED) is 0.818. The molecule has 0 aromatic carbocycles. The Morgan fingerprint density at radius 2 is 2.31 bits per heavy atom. The van der Waals surface area contributed by atoms with Crippen LogP contribution in [0.25, 0.3) is 6.08 Å². The minimum atomic E-state index is -0.0817. The first-order valence-electron chi connectivity index (χ1n) is 5.09. The number of thioether (sulfide) groups is 1. The number of carbonyl (C=O) groups is 1. The topological polar surface area (TPSA) is 49.9 Å². The summed E-state index contributed by atoms with van der Waals surface area (Å²) < 4.78 is 0. The van der Waals surface area contributed by atoms with E-state index in [0.29, 0.717) is 0 Å². The lowest BCUT2D eigenvalue weighted by atomic mass is 10.1. The van der Waals surface area contributed by atoms with Crippen molar-refractivity contribution in [2.75, 3.05) is 5.75 Å². The maximum absolute atomic E-state index is 11.0. The minimum Gasteiger partial charge on any atom is -0.328 e. The summed E-state index contributed by atoms with van der Waals surface area (Å²) in [5.41, 5.74) is 1.88. The van der Waals surface area contributed by atoms with Gasteiger partial charge in [0.15, 0.2) is 5.12 Å². The van der Waals surface area contributed by atoms with Crippen LogP contribution in [0.2, 0.25) is 0 Å². The van der Waals surface area contributed by atoms with Crippen LogP contribution in [0.15, 0.2) is 23.1 Å². The molecule has 16 heavy (non-hydrogen) atoms. The number of allylic oxidation sites excluding steroid dienone is 1. The van der Waals surface area contributed by atoms with Gasteiger partial charge in [0.05, 0.1) is 0 Å². The predicted octanol–water partition coefficient (Wildman–Crippen LogP) is 2.37. The zero-order valence-electron chi connectivity index (χ0n) is 9.45. The van der Waals surface area contributed by atoms with Gasteiger partial charge >= 0.3 is 0 Å². The van der Waals surface area contributed by atoms with Gasteiger partial charge < -0.3 is 4.98 Å². The molecule has 86 valence electrons. The van der Waals surface area contributed by atoms with Crippen molar-refractivity contribution in [2.45, 2.75) is 20.3 Å². The van der Waals surface area contributed by atoms with Crippen molar-refractivity contribution in [3.8, 4) is 0 Å². The van der Waals surface area contributed by atoms with Crippen molar-refractivity contribution in [3.05, 3.63) is 39.8 Å². The molecule has 0 aliphatic carbocycles. The summed E-state index contributed by atoms with van der Waals surface area (Å²) in [5.74, 6) is 0.800. The van der Waals surface area contributed by atoms with Crippen LogP contribution in [0.1, 0.15) is 24.5 Å². The van der Waals surface area contributed by atoms with E-state index in [-0.39, 0.29) is 10.7 Å². The lowest BCUT2D eigenvalue weighted by Crippen LogP contribution is -2.04. The molecule has 0 fully saturated rings. The molecule has 0 amide bonds. The number of rotatable bonds is 4. The summed E-state index contributed by atoms with van der Waals surface area (Å²) in [4.78, 5) is 24.3. The highest BCUT2D eigenvalue weighted by atomic mass is 32.2. The van der Waals surface area contributed by atoms with Crippen molar-refractivity contribution in [2.24, 2.45) is 0 Å². The highest BCUT2D eigenvalue weighted by Gasteiger charge is 1.94. The second-order valence-electron chi connectivity index (χ2n) is 3.47. The number of nitrogens with one attached hydrogen (secondary N) is 1. The van der Waals surface area contributed by atoms with E-state index >= 15 is 0 Å². The molecular formula is C12H15NO2S. The van der Waals surface area contributed by atoms with E-state index in [1.807, 2.05) is 19.1 Å². The molecule has 1 N–H and O–H groups in total. The van der Waals surface area contributed by atoms with Crippen molar-refractivity contribution < 1.29 is 4.79 Å². The van der Waals surface area contributed by atoms with Gasteiger partial charge in [-0.25, -0.2) is 0 Å². The van der Waals surface area contributed by atoms with Crippen LogP contribution in [0.4, 0.5) is 0 Å². The Morgan fingerprint density at radius 3 is 2.94 bits per heavy atom. The Bertz CT molecular complexity index is 449. The van der Waals surface area contributed by atoms with Crippen molar-refractivity contribution >= 4 is 23.0 Å².